The number of piperidine rings is 1. The highest BCUT2D eigenvalue weighted by Crippen LogP contribution is 2.42. The lowest BCUT2D eigenvalue weighted by molar-refractivity contribution is -0.141. The molecule has 2 N–H and O–H groups in total. The van der Waals surface area contributed by atoms with Crippen molar-refractivity contribution in [1.82, 2.24) is 4.98 Å². The summed E-state index contributed by atoms with van der Waals surface area (Å²) < 4.78 is 73.0. The van der Waals surface area contributed by atoms with Crippen molar-refractivity contribution < 1.29 is 36.4 Å². The van der Waals surface area contributed by atoms with Gasteiger partial charge in [0, 0.05) is 48.3 Å². The zero-order valence-corrected chi connectivity index (χ0v) is 25.9. The lowest BCUT2D eigenvalue weighted by atomic mass is 9.77. The van der Waals surface area contributed by atoms with Crippen LogP contribution in [-0.2, 0) is 31.6 Å². The Labute approximate surface area is 255 Å². The van der Waals surface area contributed by atoms with Gasteiger partial charge in [-0.3, -0.25) is 4.79 Å². The third-order valence-electron chi connectivity index (χ3n) is 9.23. The molecule has 2 aromatic rings. The Bertz CT molecular complexity index is 1440. The summed E-state index contributed by atoms with van der Waals surface area (Å²) >= 11 is 0. The number of rotatable bonds is 7. The Hall–Kier alpha value is -3.03. The van der Waals surface area contributed by atoms with Gasteiger partial charge in [0.25, 0.3) is 5.91 Å². The molecule has 0 radical (unpaired) electrons. The Balaban J connectivity index is 1.35. The molecule has 0 spiro atoms. The molecule has 2 aliphatic heterocycles. The molecule has 1 aromatic carbocycles. The minimum absolute atomic E-state index is 0.0573. The number of amidine groups is 1. The molecule has 2 atom stereocenters. The third-order valence-corrected chi connectivity index (χ3v) is 9.23. The van der Waals surface area contributed by atoms with E-state index < -0.39 is 47.8 Å². The van der Waals surface area contributed by atoms with Crippen molar-refractivity contribution in [2.24, 2.45) is 16.6 Å². The van der Waals surface area contributed by atoms with E-state index >= 15 is 4.39 Å². The van der Waals surface area contributed by atoms with Gasteiger partial charge in [-0.2, -0.15) is 18.2 Å². The summed E-state index contributed by atoms with van der Waals surface area (Å²) in [5.74, 6) is -1.60. The number of halogens is 4. The van der Waals surface area contributed by atoms with E-state index in [0.717, 1.165) is 6.07 Å². The summed E-state index contributed by atoms with van der Waals surface area (Å²) in [6.07, 6.45) is -2.32. The fourth-order valence-electron chi connectivity index (χ4n) is 5.84. The predicted octanol–water partition coefficient (Wildman–Crippen LogP) is 5.10. The largest absolute Gasteiger partial charge is 0.495 e. The molecule has 238 valence electrons. The highest BCUT2D eigenvalue weighted by Gasteiger charge is 2.52. The Morgan fingerprint density at radius 3 is 2.39 bits per heavy atom. The van der Waals surface area contributed by atoms with E-state index in [2.05, 4.69) is 9.98 Å². The molecule has 1 amide bonds. The number of carbonyl (C=O) groups excluding carboxylic acids is 1. The summed E-state index contributed by atoms with van der Waals surface area (Å²) in [7, 11) is 0.750. The third kappa shape index (κ3) is 6.36. The minimum atomic E-state index is -4.58. The average Bonchev–Trinajstić information content (AvgIpc) is 3.75. The molecule has 1 aliphatic carbocycles. The van der Waals surface area contributed by atoms with Crippen LogP contribution in [0.2, 0.25) is 0 Å². The molecular weight excluding hydrogens is 579 g/mol. The number of alkyl halides is 3. The number of nitrogens with two attached hydrogens (primary N) is 1. The van der Waals surface area contributed by atoms with Crippen molar-refractivity contribution in [3.8, 4) is 0 Å². The number of anilines is 1. The molecular formula is C31H39BF4N4O4. The van der Waals surface area contributed by atoms with Crippen LogP contribution in [0.3, 0.4) is 0 Å². The van der Waals surface area contributed by atoms with Crippen molar-refractivity contribution in [2.75, 3.05) is 18.6 Å². The number of methoxy groups -OCH3 is 1. The molecule has 1 saturated carbocycles. The normalized spacial score (nSPS) is 23.7. The first kappa shape index (κ1) is 32.4. The lowest BCUT2D eigenvalue weighted by Gasteiger charge is -2.39. The van der Waals surface area contributed by atoms with Gasteiger partial charge < -0.3 is 24.7 Å². The van der Waals surface area contributed by atoms with Crippen molar-refractivity contribution in [2.45, 2.75) is 96.2 Å². The monoisotopic (exact) mass is 618 g/mol. The van der Waals surface area contributed by atoms with Crippen molar-refractivity contribution in [3.63, 3.8) is 0 Å². The fraction of sp³-hybridized carbons (Fsp3) is 0.581. The van der Waals surface area contributed by atoms with Gasteiger partial charge in [0.1, 0.15) is 17.3 Å². The summed E-state index contributed by atoms with van der Waals surface area (Å²) in [6, 6.07) is 5.23. The smallest absolute Gasteiger partial charge is 0.399 e. The number of carbonyl (C=O) groups is 1. The van der Waals surface area contributed by atoms with Crippen molar-refractivity contribution in [3.05, 3.63) is 52.6 Å². The van der Waals surface area contributed by atoms with Crippen LogP contribution in [0, 0.1) is 11.7 Å². The molecule has 3 aliphatic rings. The Kier molecular flexibility index (Phi) is 8.62. The topological polar surface area (TPSA) is 99.3 Å². The van der Waals surface area contributed by atoms with E-state index in [1.165, 1.54) is 19.2 Å². The molecule has 1 aromatic heterocycles. The van der Waals surface area contributed by atoms with Gasteiger partial charge in [-0.15, -0.1) is 0 Å². The lowest BCUT2D eigenvalue weighted by Crippen LogP contribution is -2.44. The summed E-state index contributed by atoms with van der Waals surface area (Å²) in [6.45, 7) is 10.2. The first-order chi connectivity index (χ1) is 20.5. The number of pyridine rings is 1. The summed E-state index contributed by atoms with van der Waals surface area (Å²) in [5, 5.41) is 0. The number of hydrogen-bond acceptors (Lipinski definition) is 6. The maximum absolute atomic E-state index is 15.5. The second kappa shape index (κ2) is 11.7. The molecule has 8 nitrogen and oxygen atoms in total. The maximum atomic E-state index is 15.5. The summed E-state index contributed by atoms with van der Waals surface area (Å²) in [5.41, 5.74) is 6.09. The van der Waals surface area contributed by atoms with E-state index in [1.54, 1.807) is 0 Å². The zero-order valence-electron chi connectivity index (χ0n) is 25.9. The molecule has 13 heteroatoms. The SMILES string of the molecule is COCc1c(F)cc(B2OC(C)(C)C(C)(C)O2)cc1N1CCC(C(=O)N=C(N)c2ccc(C(F)(F)F)nc2C2CC2)CC1C. The van der Waals surface area contributed by atoms with Gasteiger partial charge >= 0.3 is 13.3 Å². The fourth-order valence-corrected chi connectivity index (χ4v) is 5.84. The van der Waals surface area contributed by atoms with Crippen LogP contribution < -0.4 is 16.1 Å². The van der Waals surface area contributed by atoms with Gasteiger partial charge in [-0.05, 0) is 90.0 Å². The van der Waals surface area contributed by atoms with Gasteiger partial charge in [-0.25, -0.2) is 9.37 Å². The molecule has 2 unspecified atom stereocenters. The highest BCUT2D eigenvalue weighted by molar-refractivity contribution is 6.62. The van der Waals surface area contributed by atoms with Crippen LogP contribution in [0.4, 0.5) is 23.2 Å². The molecule has 44 heavy (non-hydrogen) atoms. The van der Waals surface area contributed by atoms with Gasteiger partial charge in [-0.1, -0.05) is 0 Å². The average molecular weight is 618 g/mol. The van der Waals surface area contributed by atoms with Crippen LogP contribution in [0.5, 0.6) is 0 Å². The first-order valence-electron chi connectivity index (χ1n) is 14.9. The Morgan fingerprint density at radius 2 is 1.82 bits per heavy atom. The van der Waals surface area contributed by atoms with E-state index in [9.17, 15) is 18.0 Å². The van der Waals surface area contributed by atoms with E-state index in [1.807, 2.05) is 45.6 Å². The Morgan fingerprint density at radius 1 is 1.16 bits per heavy atom. The minimum Gasteiger partial charge on any atom is -0.399 e. The van der Waals surface area contributed by atoms with Crippen LogP contribution in [0.1, 0.15) is 88.7 Å². The first-order valence-corrected chi connectivity index (χ1v) is 14.9. The molecule has 0 bridgehead atoms. The predicted molar refractivity (Wildman–Crippen MR) is 159 cm³/mol. The van der Waals surface area contributed by atoms with Crippen LogP contribution >= 0.6 is 0 Å². The van der Waals surface area contributed by atoms with Crippen LogP contribution in [-0.4, -0.2) is 54.7 Å². The number of hydrogen-bond donors (Lipinski definition) is 1. The second-order valence-electron chi connectivity index (χ2n) is 13.0. The number of aromatic nitrogens is 1. The van der Waals surface area contributed by atoms with E-state index in [4.69, 9.17) is 19.8 Å². The van der Waals surface area contributed by atoms with Crippen molar-refractivity contribution >= 4 is 30.0 Å². The van der Waals surface area contributed by atoms with Gasteiger partial charge in [0.05, 0.1) is 23.5 Å². The number of aliphatic imine (C=N–C) groups is 1. The number of benzene rings is 1. The molecule has 2 saturated heterocycles. The zero-order chi connectivity index (χ0) is 32.2. The van der Waals surface area contributed by atoms with E-state index in [0.29, 0.717) is 48.9 Å². The van der Waals surface area contributed by atoms with Gasteiger partial charge in [0.15, 0.2) is 0 Å². The standard InChI is InChI=1S/C31H39BF4N4O4/c1-17-13-19(28(41)39-27(37)21-9-10-25(31(34,35)36)38-26(21)18-7-8-18)11-12-40(17)24-15-20(14-23(33)22(24)16-42-6)32-43-29(2,3)30(4,5)44-32/h9-10,14-15,17-19H,7-8,11-13,16H2,1-6H3,(H2,37,39,41). The number of amides is 1. The second-order valence-corrected chi connectivity index (χ2v) is 13.0. The molecule has 3 fully saturated rings. The van der Waals surface area contributed by atoms with E-state index in [-0.39, 0.29) is 35.7 Å². The highest BCUT2D eigenvalue weighted by atomic mass is 19.4. The molecule has 5 rings (SSSR count). The number of ether oxygens (including phenoxy) is 1. The number of nitrogens with zero attached hydrogens (tertiary/aromatic N) is 3. The van der Waals surface area contributed by atoms with Gasteiger partial charge in [0.2, 0.25) is 0 Å². The van der Waals surface area contributed by atoms with Crippen LogP contribution in [0.25, 0.3) is 0 Å². The summed E-state index contributed by atoms with van der Waals surface area (Å²) in [4.78, 5) is 23.3. The van der Waals surface area contributed by atoms with Crippen LogP contribution in [0.15, 0.2) is 29.3 Å². The quantitative estimate of drug-likeness (QED) is 0.200. The van der Waals surface area contributed by atoms with Crippen molar-refractivity contribution in [1.29, 1.82) is 0 Å². The molecule has 3 heterocycles. The maximum Gasteiger partial charge on any atom is 0.495 e.